The van der Waals surface area contributed by atoms with Crippen molar-refractivity contribution in [2.75, 3.05) is 5.32 Å². The maximum absolute atomic E-state index is 12.4. The van der Waals surface area contributed by atoms with Crippen molar-refractivity contribution in [2.45, 2.75) is 0 Å². The van der Waals surface area contributed by atoms with Crippen molar-refractivity contribution in [1.29, 1.82) is 0 Å². The second-order valence-corrected chi connectivity index (χ2v) is 5.22. The highest BCUT2D eigenvalue weighted by Gasteiger charge is 2.30. The first-order valence-electron chi connectivity index (χ1n) is 7.02. The molecule has 0 saturated heterocycles. The van der Waals surface area contributed by atoms with Crippen molar-refractivity contribution in [2.24, 2.45) is 0 Å². The molecule has 0 unspecified atom stereocenters. The van der Waals surface area contributed by atoms with E-state index in [0.717, 1.165) is 18.2 Å². The number of fused-ring (bicyclic) bond motifs is 1. The maximum atomic E-state index is 12.4. The molecule has 0 fully saturated rings. The van der Waals surface area contributed by atoms with Gasteiger partial charge in [0.15, 0.2) is 0 Å². The molecular formula is C15H8N4O7. The fraction of sp³-hybridized carbons (Fsp3) is 0. The molecule has 0 aromatic heterocycles. The predicted octanol–water partition coefficient (Wildman–Crippen LogP) is 1.64. The lowest BCUT2D eigenvalue weighted by Crippen LogP contribution is -2.21. The van der Waals surface area contributed by atoms with E-state index < -0.39 is 38.9 Å². The molecule has 11 heteroatoms. The van der Waals surface area contributed by atoms with Crippen LogP contribution in [0.5, 0.6) is 0 Å². The van der Waals surface area contributed by atoms with Gasteiger partial charge >= 0.3 is 0 Å². The van der Waals surface area contributed by atoms with Gasteiger partial charge in [-0.05, 0) is 12.1 Å². The lowest BCUT2D eigenvalue weighted by molar-refractivity contribution is -0.394. The van der Waals surface area contributed by atoms with Crippen LogP contribution in [0.25, 0.3) is 0 Å². The summed E-state index contributed by atoms with van der Waals surface area (Å²) in [5.74, 6) is -2.23. The van der Waals surface area contributed by atoms with Gasteiger partial charge in [-0.2, -0.15) is 0 Å². The molecule has 0 bridgehead atoms. The zero-order valence-corrected chi connectivity index (χ0v) is 12.7. The summed E-state index contributed by atoms with van der Waals surface area (Å²) >= 11 is 0. The van der Waals surface area contributed by atoms with Crippen molar-refractivity contribution in [3.05, 3.63) is 73.3 Å². The van der Waals surface area contributed by atoms with Crippen molar-refractivity contribution < 1.29 is 24.2 Å². The Morgan fingerprint density at radius 2 is 1.58 bits per heavy atom. The average Bonchev–Trinajstić information content (AvgIpc) is 2.89. The molecule has 3 rings (SSSR count). The van der Waals surface area contributed by atoms with E-state index in [0.29, 0.717) is 0 Å². The number of nitrogens with zero attached hydrogens (tertiary/aromatic N) is 2. The molecule has 2 aromatic rings. The van der Waals surface area contributed by atoms with Crippen LogP contribution < -0.4 is 10.6 Å². The average molecular weight is 356 g/mol. The van der Waals surface area contributed by atoms with E-state index in [1.54, 1.807) is 0 Å². The van der Waals surface area contributed by atoms with Crippen LogP contribution in [0.15, 0.2) is 36.4 Å². The number of non-ortho nitro benzene ring substituents is 2. The summed E-state index contributed by atoms with van der Waals surface area (Å²) in [5, 5.41) is 26.2. The molecule has 0 atom stereocenters. The lowest BCUT2D eigenvalue weighted by atomic mass is 10.1. The van der Waals surface area contributed by atoms with Gasteiger partial charge in [-0.1, -0.05) is 6.07 Å². The largest absolute Gasteiger partial charge is 0.321 e. The highest BCUT2D eigenvalue weighted by Crippen LogP contribution is 2.27. The minimum Gasteiger partial charge on any atom is -0.321 e. The first-order chi connectivity index (χ1) is 12.3. The molecule has 0 radical (unpaired) electrons. The van der Waals surface area contributed by atoms with E-state index >= 15 is 0 Å². The Labute approximate surface area is 143 Å². The summed E-state index contributed by atoms with van der Waals surface area (Å²) in [5.41, 5.74) is -1.58. The van der Waals surface area contributed by atoms with Gasteiger partial charge in [-0.3, -0.25) is 39.9 Å². The summed E-state index contributed by atoms with van der Waals surface area (Å²) in [7, 11) is 0. The van der Waals surface area contributed by atoms with Crippen LogP contribution in [0.3, 0.4) is 0 Å². The Bertz CT molecular complexity index is 983. The third kappa shape index (κ3) is 2.84. The van der Waals surface area contributed by atoms with Gasteiger partial charge in [0, 0.05) is 12.1 Å². The molecule has 0 aliphatic carbocycles. The Morgan fingerprint density at radius 1 is 0.962 bits per heavy atom. The number of nitro benzene ring substituents is 2. The van der Waals surface area contributed by atoms with Crippen LogP contribution in [0.1, 0.15) is 31.1 Å². The summed E-state index contributed by atoms with van der Waals surface area (Å²) in [4.78, 5) is 55.9. The third-order valence-electron chi connectivity index (χ3n) is 3.60. The van der Waals surface area contributed by atoms with Crippen molar-refractivity contribution >= 4 is 34.8 Å². The number of amides is 3. The summed E-state index contributed by atoms with van der Waals surface area (Å²) in [6.45, 7) is 0. The number of imide groups is 1. The molecule has 1 aliphatic rings. The van der Waals surface area contributed by atoms with Crippen molar-refractivity contribution in [1.82, 2.24) is 5.32 Å². The molecule has 11 nitrogen and oxygen atoms in total. The highest BCUT2D eigenvalue weighted by molar-refractivity contribution is 6.25. The van der Waals surface area contributed by atoms with Crippen LogP contribution in [-0.4, -0.2) is 27.6 Å². The van der Waals surface area contributed by atoms with Crippen LogP contribution in [0, 0.1) is 20.2 Å². The van der Waals surface area contributed by atoms with Gasteiger partial charge in [-0.15, -0.1) is 0 Å². The van der Waals surface area contributed by atoms with E-state index in [1.165, 1.54) is 18.2 Å². The summed E-state index contributed by atoms with van der Waals surface area (Å²) in [6.07, 6.45) is 0. The van der Waals surface area contributed by atoms with E-state index in [-0.39, 0.29) is 22.4 Å². The number of hydrogen-bond donors (Lipinski definition) is 2. The molecule has 0 saturated carbocycles. The SMILES string of the molecule is O=C(Nc1cccc2c1C(=O)NC2=O)c1cc([N+](=O)[O-])cc([N+](=O)[O-])c1. The van der Waals surface area contributed by atoms with Crippen LogP contribution >= 0.6 is 0 Å². The molecule has 0 spiro atoms. The fourth-order valence-electron chi connectivity index (χ4n) is 2.45. The van der Waals surface area contributed by atoms with Crippen LogP contribution in [0.2, 0.25) is 0 Å². The Balaban J connectivity index is 2.00. The zero-order chi connectivity index (χ0) is 19.0. The van der Waals surface area contributed by atoms with Gasteiger partial charge in [0.25, 0.3) is 29.1 Å². The molecular weight excluding hydrogens is 348 g/mol. The van der Waals surface area contributed by atoms with Gasteiger partial charge in [0.2, 0.25) is 0 Å². The molecule has 130 valence electrons. The zero-order valence-electron chi connectivity index (χ0n) is 12.7. The minimum atomic E-state index is -0.905. The van der Waals surface area contributed by atoms with Gasteiger partial charge < -0.3 is 5.32 Å². The quantitative estimate of drug-likeness (QED) is 0.478. The number of nitro groups is 2. The third-order valence-corrected chi connectivity index (χ3v) is 3.60. The number of carbonyl (C=O) groups excluding carboxylic acids is 3. The molecule has 2 aromatic carbocycles. The van der Waals surface area contributed by atoms with E-state index in [2.05, 4.69) is 10.6 Å². The van der Waals surface area contributed by atoms with Crippen molar-refractivity contribution in [3.8, 4) is 0 Å². The first kappa shape index (κ1) is 16.7. The fourth-order valence-corrected chi connectivity index (χ4v) is 2.45. The lowest BCUT2D eigenvalue weighted by Gasteiger charge is -2.08. The first-order valence-corrected chi connectivity index (χ1v) is 7.02. The summed E-state index contributed by atoms with van der Waals surface area (Å²) < 4.78 is 0. The Kier molecular flexibility index (Phi) is 3.89. The van der Waals surface area contributed by atoms with E-state index in [4.69, 9.17) is 0 Å². The molecule has 2 N–H and O–H groups in total. The second kappa shape index (κ2) is 6.05. The van der Waals surface area contributed by atoms with E-state index in [9.17, 15) is 34.6 Å². The van der Waals surface area contributed by atoms with Gasteiger partial charge in [-0.25, -0.2) is 0 Å². The highest BCUT2D eigenvalue weighted by atomic mass is 16.6. The topological polar surface area (TPSA) is 162 Å². The van der Waals surface area contributed by atoms with Crippen molar-refractivity contribution in [3.63, 3.8) is 0 Å². The van der Waals surface area contributed by atoms with Crippen LogP contribution in [0.4, 0.5) is 17.1 Å². The summed E-state index contributed by atoms with van der Waals surface area (Å²) in [6, 6.07) is 6.66. The minimum absolute atomic E-state index is 0.00464. The number of anilines is 1. The van der Waals surface area contributed by atoms with Gasteiger partial charge in [0.05, 0.1) is 38.3 Å². The number of carbonyl (C=O) groups is 3. The second-order valence-electron chi connectivity index (χ2n) is 5.22. The van der Waals surface area contributed by atoms with Crippen LogP contribution in [-0.2, 0) is 0 Å². The maximum Gasteiger partial charge on any atom is 0.277 e. The molecule has 3 amide bonds. The molecule has 1 heterocycles. The molecule has 26 heavy (non-hydrogen) atoms. The number of benzene rings is 2. The normalized spacial score (nSPS) is 12.3. The molecule has 1 aliphatic heterocycles. The standard InChI is InChI=1S/C15H8N4O7/c20-13(7-4-8(18(23)24)6-9(5-7)19(25)26)16-11-3-1-2-10-12(11)15(22)17-14(10)21/h1-6H,(H,16,20)(H,17,21,22). The number of rotatable bonds is 4. The number of hydrogen-bond acceptors (Lipinski definition) is 7. The number of nitrogens with one attached hydrogen (secondary N) is 2. The smallest absolute Gasteiger partial charge is 0.277 e. The monoisotopic (exact) mass is 356 g/mol. The van der Waals surface area contributed by atoms with E-state index in [1.807, 2.05) is 0 Å². The van der Waals surface area contributed by atoms with Gasteiger partial charge in [0.1, 0.15) is 0 Å². The predicted molar refractivity (Wildman–Crippen MR) is 85.9 cm³/mol. The Hall–Kier alpha value is -4.15. The Morgan fingerprint density at radius 3 is 2.15 bits per heavy atom.